The number of hydrogen-bond donors (Lipinski definition) is 0. The van der Waals surface area contributed by atoms with E-state index in [1.54, 1.807) is 0 Å². The fraction of sp³-hybridized carbons (Fsp3) is 0. The van der Waals surface area contributed by atoms with Gasteiger partial charge in [0, 0.05) is 16.3 Å². The molecule has 0 bridgehead atoms. The molecule has 0 spiro atoms. The van der Waals surface area contributed by atoms with E-state index in [-0.39, 0.29) is 0 Å². The predicted molar refractivity (Wildman–Crippen MR) is 197 cm³/mol. The van der Waals surface area contributed by atoms with Gasteiger partial charge in [-0.1, -0.05) is 146 Å². The van der Waals surface area contributed by atoms with Crippen LogP contribution in [-0.4, -0.2) is 0 Å². The Bertz CT molecular complexity index is 2570. The van der Waals surface area contributed by atoms with Crippen LogP contribution in [0.4, 0.5) is 0 Å². The van der Waals surface area contributed by atoms with Crippen molar-refractivity contribution in [3.8, 4) is 66.8 Å². The van der Waals surface area contributed by atoms with Gasteiger partial charge in [0.1, 0.15) is 11.2 Å². The summed E-state index contributed by atoms with van der Waals surface area (Å²) in [6, 6.07) is 61.3. The number of furan rings is 1. The fourth-order valence-corrected chi connectivity index (χ4v) is 7.72. The second-order valence-electron chi connectivity index (χ2n) is 12.4. The molecular weight excluding hydrogens is 569 g/mol. The molecule has 0 unspecified atom stereocenters. The average Bonchev–Trinajstić information content (AvgIpc) is 3.69. The second-order valence-corrected chi connectivity index (χ2v) is 12.4. The highest BCUT2D eigenvalue weighted by molar-refractivity contribution is 6.22. The third-order valence-corrected chi connectivity index (χ3v) is 9.82. The van der Waals surface area contributed by atoms with Gasteiger partial charge in [-0.05, 0) is 96.2 Å². The Balaban J connectivity index is 1.21. The molecule has 8 aromatic carbocycles. The smallest absolute Gasteiger partial charge is 0.143 e. The normalized spacial score (nSPS) is 11.8. The largest absolute Gasteiger partial charge is 0.455 e. The Morgan fingerprint density at radius 3 is 1.45 bits per heavy atom. The van der Waals surface area contributed by atoms with Crippen LogP contribution in [0, 0.1) is 0 Å². The molecule has 1 heterocycles. The Morgan fingerprint density at radius 1 is 0.277 bits per heavy atom. The van der Waals surface area contributed by atoms with Crippen molar-refractivity contribution >= 4 is 32.7 Å². The lowest BCUT2D eigenvalue weighted by Gasteiger charge is -2.12. The summed E-state index contributed by atoms with van der Waals surface area (Å²) in [6.45, 7) is 0. The molecule has 1 aliphatic rings. The lowest BCUT2D eigenvalue weighted by atomic mass is 9.91. The van der Waals surface area contributed by atoms with Crippen LogP contribution in [0.15, 0.2) is 174 Å². The van der Waals surface area contributed by atoms with Crippen molar-refractivity contribution in [2.24, 2.45) is 0 Å². The van der Waals surface area contributed by atoms with Crippen molar-refractivity contribution in [3.63, 3.8) is 0 Å². The minimum Gasteiger partial charge on any atom is -0.455 e. The Morgan fingerprint density at radius 2 is 0.766 bits per heavy atom. The third-order valence-electron chi connectivity index (χ3n) is 9.82. The molecule has 0 saturated heterocycles. The maximum absolute atomic E-state index is 6.81. The standard InChI is InChI=1S/C46H28O/c1-3-12-29(13-4-1)31-26-32(30-14-5-2-6-15-30)28-33(27-31)34-18-9-22-42-45-40(21-11-23-43(45)47-46(34)42)37-24-25-41-36-17-8-7-16-35(36)38-19-10-20-39(37)44(38)41/h1-28H. The highest BCUT2D eigenvalue weighted by atomic mass is 16.3. The molecule has 0 aliphatic heterocycles. The lowest BCUT2D eigenvalue weighted by Crippen LogP contribution is -1.87. The van der Waals surface area contributed by atoms with E-state index in [0.717, 1.165) is 33.1 Å². The van der Waals surface area contributed by atoms with E-state index in [1.807, 2.05) is 0 Å². The first-order chi connectivity index (χ1) is 23.3. The molecule has 10 rings (SSSR count). The van der Waals surface area contributed by atoms with Gasteiger partial charge in [0.25, 0.3) is 0 Å². The first-order valence-electron chi connectivity index (χ1n) is 16.2. The molecule has 0 radical (unpaired) electrons. The minimum atomic E-state index is 0.902. The average molecular weight is 597 g/mol. The van der Waals surface area contributed by atoms with Crippen LogP contribution in [0.1, 0.15) is 0 Å². The number of benzene rings is 8. The van der Waals surface area contributed by atoms with Crippen LogP contribution in [0.3, 0.4) is 0 Å². The van der Waals surface area contributed by atoms with Crippen molar-refractivity contribution < 1.29 is 4.42 Å². The molecule has 0 fully saturated rings. The monoisotopic (exact) mass is 596 g/mol. The second kappa shape index (κ2) is 10.2. The summed E-state index contributed by atoms with van der Waals surface area (Å²) in [6.07, 6.45) is 0. The Labute approximate surface area is 273 Å². The van der Waals surface area contributed by atoms with Gasteiger partial charge in [-0.15, -0.1) is 0 Å². The SMILES string of the molecule is c1ccc(-c2cc(-c3ccccc3)cc(-c3cccc4c3oc3cccc(-c5ccc6c7c(cccc57)-c5ccccc5-6)c34)c2)cc1. The van der Waals surface area contributed by atoms with Crippen LogP contribution in [0.5, 0.6) is 0 Å². The predicted octanol–water partition coefficient (Wildman–Crippen LogP) is 13.1. The summed E-state index contributed by atoms with van der Waals surface area (Å²) in [4.78, 5) is 0. The molecule has 1 aromatic heterocycles. The zero-order valence-electron chi connectivity index (χ0n) is 25.6. The maximum Gasteiger partial charge on any atom is 0.143 e. The number of fused-ring (bicyclic) bond motifs is 6. The van der Waals surface area contributed by atoms with Crippen LogP contribution >= 0.6 is 0 Å². The van der Waals surface area contributed by atoms with Gasteiger partial charge >= 0.3 is 0 Å². The molecule has 1 aliphatic carbocycles. The van der Waals surface area contributed by atoms with Gasteiger partial charge in [-0.3, -0.25) is 0 Å². The van der Waals surface area contributed by atoms with Gasteiger partial charge in [-0.25, -0.2) is 0 Å². The molecule has 218 valence electrons. The van der Waals surface area contributed by atoms with Crippen LogP contribution in [0.25, 0.3) is 99.5 Å². The van der Waals surface area contributed by atoms with E-state index >= 15 is 0 Å². The third kappa shape index (κ3) is 3.97. The maximum atomic E-state index is 6.81. The number of rotatable bonds is 4. The van der Waals surface area contributed by atoms with Crippen LogP contribution in [-0.2, 0) is 0 Å². The van der Waals surface area contributed by atoms with E-state index in [2.05, 4.69) is 170 Å². The topological polar surface area (TPSA) is 13.1 Å². The first kappa shape index (κ1) is 26.1. The lowest BCUT2D eigenvalue weighted by molar-refractivity contribution is 0.670. The first-order valence-corrected chi connectivity index (χ1v) is 16.2. The van der Waals surface area contributed by atoms with Crippen molar-refractivity contribution in [2.75, 3.05) is 0 Å². The van der Waals surface area contributed by atoms with Crippen molar-refractivity contribution in [1.29, 1.82) is 0 Å². The fourth-order valence-electron chi connectivity index (χ4n) is 7.72. The van der Waals surface area contributed by atoms with E-state index in [0.29, 0.717) is 0 Å². The van der Waals surface area contributed by atoms with Gasteiger partial charge < -0.3 is 4.42 Å². The van der Waals surface area contributed by atoms with E-state index in [4.69, 9.17) is 4.42 Å². The minimum absolute atomic E-state index is 0.902. The van der Waals surface area contributed by atoms with E-state index in [1.165, 1.54) is 66.4 Å². The van der Waals surface area contributed by atoms with Gasteiger partial charge in [-0.2, -0.15) is 0 Å². The summed E-state index contributed by atoms with van der Waals surface area (Å²) in [5.74, 6) is 0. The van der Waals surface area contributed by atoms with Crippen LogP contribution in [0.2, 0.25) is 0 Å². The summed E-state index contributed by atoms with van der Waals surface area (Å²) in [5, 5.41) is 4.90. The molecular formula is C46H28O. The molecule has 0 atom stereocenters. The van der Waals surface area contributed by atoms with E-state index < -0.39 is 0 Å². The summed E-state index contributed by atoms with van der Waals surface area (Å²) in [7, 11) is 0. The van der Waals surface area contributed by atoms with Crippen molar-refractivity contribution in [3.05, 3.63) is 170 Å². The molecule has 9 aromatic rings. The zero-order chi connectivity index (χ0) is 30.9. The van der Waals surface area contributed by atoms with Crippen molar-refractivity contribution in [1.82, 2.24) is 0 Å². The number of hydrogen-bond acceptors (Lipinski definition) is 1. The van der Waals surface area contributed by atoms with Crippen molar-refractivity contribution in [2.45, 2.75) is 0 Å². The Kier molecular flexibility index (Phi) is 5.64. The van der Waals surface area contributed by atoms with E-state index in [9.17, 15) is 0 Å². The molecule has 47 heavy (non-hydrogen) atoms. The van der Waals surface area contributed by atoms with Gasteiger partial charge in [0.05, 0.1) is 0 Å². The summed E-state index contributed by atoms with van der Waals surface area (Å²) < 4.78 is 6.81. The highest BCUT2D eigenvalue weighted by Gasteiger charge is 2.24. The summed E-state index contributed by atoms with van der Waals surface area (Å²) in [5.41, 5.74) is 16.5. The van der Waals surface area contributed by atoms with Crippen LogP contribution < -0.4 is 0 Å². The number of para-hydroxylation sites is 1. The van der Waals surface area contributed by atoms with Gasteiger partial charge in [0.2, 0.25) is 0 Å². The quantitative estimate of drug-likeness (QED) is 0.197. The molecule has 0 saturated carbocycles. The Hall–Kier alpha value is -6.18. The zero-order valence-corrected chi connectivity index (χ0v) is 25.6. The highest BCUT2D eigenvalue weighted by Crippen LogP contribution is 2.50. The van der Waals surface area contributed by atoms with Gasteiger partial charge in [0.15, 0.2) is 0 Å². The summed E-state index contributed by atoms with van der Waals surface area (Å²) >= 11 is 0. The molecule has 0 amide bonds. The molecule has 1 nitrogen and oxygen atoms in total. The molecule has 1 heteroatoms. The molecule has 0 N–H and O–H groups in total.